The average Bonchev–Trinajstić information content (AvgIpc) is 2.88. The van der Waals surface area contributed by atoms with Gasteiger partial charge >= 0.3 is 5.97 Å². The van der Waals surface area contributed by atoms with Crippen LogP contribution in [0.15, 0.2) is 17.5 Å². The van der Waals surface area contributed by atoms with E-state index in [1.165, 1.54) is 0 Å². The summed E-state index contributed by atoms with van der Waals surface area (Å²) in [6.45, 7) is 6.71. The number of rotatable bonds is 9. The lowest BCUT2D eigenvalue weighted by molar-refractivity contribution is -0.138. The van der Waals surface area contributed by atoms with Gasteiger partial charge < -0.3 is 10.4 Å². The van der Waals surface area contributed by atoms with Crippen LogP contribution in [0, 0.1) is 5.92 Å². The first-order valence-corrected chi connectivity index (χ1v) is 8.08. The Bertz CT molecular complexity index is 446. The molecule has 1 atom stereocenters. The lowest BCUT2D eigenvalue weighted by Gasteiger charge is -2.24. The van der Waals surface area contributed by atoms with Crippen molar-refractivity contribution in [3.63, 3.8) is 0 Å². The quantitative estimate of drug-likeness (QED) is 0.734. The maximum Gasteiger partial charge on any atom is 0.317 e. The molecule has 118 valence electrons. The van der Waals surface area contributed by atoms with Crippen LogP contribution in [0.3, 0.4) is 0 Å². The number of carbonyl (C=O) groups is 2. The molecule has 0 radical (unpaired) electrons. The standard InChI is InChI=1S/C15H24N2O3S/c1-4-7-17(10-14(19)20)9-13(18)16-15(11(2)3)12-6-5-8-21-12/h5-6,8,11,15H,4,7,9-10H2,1-3H3,(H,16,18)(H,19,20). The SMILES string of the molecule is CCCN(CC(=O)O)CC(=O)NC(c1cccs1)C(C)C. The van der Waals surface area contributed by atoms with Crippen LogP contribution < -0.4 is 5.32 Å². The first-order chi connectivity index (χ1) is 9.93. The van der Waals surface area contributed by atoms with Gasteiger partial charge in [-0.3, -0.25) is 14.5 Å². The monoisotopic (exact) mass is 312 g/mol. The number of aliphatic carboxylic acids is 1. The van der Waals surface area contributed by atoms with Crippen molar-refractivity contribution in [2.45, 2.75) is 33.2 Å². The number of hydrogen-bond acceptors (Lipinski definition) is 4. The molecule has 0 fully saturated rings. The molecule has 0 aliphatic rings. The van der Waals surface area contributed by atoms with Crippen LogP contribution in [-0.4, -0.2) is 41.5 Å². The number of hydrogen-bond donors (Lipinski definition) is 2. The number of carboxylic acid groups (broad SMARTS) is 1. The largest absolute Gasteiger partial charge is 0.480 e. The van der Waals surface area contributed by atoms with Gasteiger partial charge in [0.2, 0.25) is 5.91 Å². The minimum atomic E-state index is -0.907. The van der Waals surface area contributed by atoms with Crippen LogP contribution in [0.25, 0.3) is 0 Å². The predicted octanol–water partition coefficient (Wildman–Crippen LogP) is 2.36. The van der Waals surface area contributed by atoms with Gasteiger partial charge in [0.1, 0.15) is 0 Å². The summed E-state index contributed by atoms with van der Waals surface area (Å²) in [5, 5.41) is 13.9. The van der Waals surface area contributed by atoms with Gasteiger partial charge in [-0.2, -0.15) is 0 Å². The molecule has 0 spiro atoms. The van der Waals surface area contributed by atoms with Crippen LogP contribution >= 0.6 is 11.3 Å². The Balaban J connectivity index is 2.62. The summed E-state index contributed by atoms with van der Waals surface area (Å²) in [5.74, 6) is -0.751. The molecule has 0 aliphatic heterocycles. The average molecular weight is 312 g/mol. The van der Waals surface area contributed by atoms with Gasteiger partial charge in [-0.15, -0.1) is 11.3 Å². The maximum absolute atomic E-state index is 12.2. The maximum atomic E-state index is 12.2. The van der Waals surface area contributed by atoms with Crippen LogP contribution in [0.5, 0.6) is 0 Å². The Morgan fingerprint density at radius 2 is 2.10 bits per heavy atom. The van der Waals surface area contributed by atoms with Crippen molar-refractivity contribution >= 4 is 23.2 Å². The number of amides is 1. The highest BCUT2D eigenvalue weighted by molar-refractivity contribution is 7.10. The summed E-state index contributed by atoms with van der Waals surface area (Å²) in [7, 11) is 0. The third-order valence-electron chi connectivity index (χ3n) is 3.10. The summed E-state index contributed by atoms with van der Waals surface area (Å²) in [5.41, 5.74) is 0. The highest BCUT2D eigenvalue weighted by atomic mass is 32.1. The van der Waals surface area contributed by atoms with E-state index >= 15 is 0 Å². The highest BCUT2D eigenvalue weighted by Crippen LogP contribution is 2.25. The summed E-state index contributed by atoms with van der Waals surface area (Å²) in [6.07, 6.45) is 0.819. The summed E-state index contributed by atoms with van der Waals surface area (Å²) in [6, 6.07) is 3.96. The van der Waals surface area contributed by atoms with Crippen molar-refractivity contribution < 1.29 is 14.7 Å². The number of nitrogens with one attached hydrogen (secondary N) is 1. The Kier molecular flexibility index (Phi) is 7.39. The van der Waals surface area contributed by atoms with E-state index in [0.717, 1.165) is 11.3 Å². The molecule has 1 heterocycles. The molecule has 1 unspecified atom stereocenters. The second kappa shape index (κ2) is 8.79. The molecule has 0 aromatic carbocycles. The van der Waals surface area contributed by atoms with Crippen LogP contribution in [0.1, 0.15) is 38.1 Å². The molecule has 0 aliphatic carbocycles. The Morgan fingerprint density at radius 1 is 1.38 bits per heavy atom. The van der Waals surface area contributed by atoms with E-state index in [0.29, 0.717) is 6.54 Å². The zero-order valence-electron chi connectivity index (χ0n) is 12.8. The van der Waals surface area contributed by atoms with E-state index in [1.54, 1.807) is 16.2 Å². The molecule has 2 N–H and O–H groups in total. The van der Waals surface area contributed by atoms with Crippen molar-refractivity contribution in [3.8, 4) is 0 Å². The topological polar surface area (TPSA) is 69.6 Å². The van der Waals surface area contributed by atoms with Gasteiger partial charge in [0.05, 0.1) is 19.1 Å². The van der Waals surface area contributed by atoms with Crippen molar-refractivity contribution in [2.24, 2.45) is 5.92 Å². The first kappa shape index (κ1) is 17.7. The van der Waals surface area contributed by atoms with E-state index in [4.69, 9.17) is 5.11 Å². The molecule has 1 aromatic rings. The summed E-state index contributed by atoms with van der Waals surface area (Å²) < 4.78 is 0. The smallest absolute Gasteiger partial charge is 0.317 e. The molecule has 0 saturated carbocycles. The third kappa shape index (κ3) is 6.27. The van der Waals surface area contributed by atoms with Gasteiger partial charge in [0.25, 0.3) is 0 Å². The summed E-state index contributed by atoms with van der Waals surface area (Å²) >= 11 is 1.62. The molecule has 21 heavy (non-hydrogen) atoms. The third-order valence-corrected chi connectivity index (χ3v) is 4.05. The predicted molar refractivity (Wildman–Crippen MR) is 84.4 cm³/mol. The molecule has 1 aromatic heterocycles. The second-order valence-corrected chi connectivity index (χ2v) is 6.39. The fourth-order valence-corrected chi connectivity index (χ4v) is 3.13. The normalized spacial score (nSPS) is 12.6. The molecular weight excluding hydrogens is 288 g/mol. The Morgan fingerprint density at radius 3 is 2.57 bits per heavy atom. The molecule has 0 saturated heterocycles. The van der Waals surface area contributed by atoms with E-state index in [-0.39, 0.29) is 31.0 Å². The van der Waals surface area contributed by atoms with Crippen molar-refractivity contribution in [3.05, 3.63) is 22.4 Å². The number of carbonyl (C=O) groups excluding carboxylic acids is 1. The number of nitrogens with zero attached hydrogens (tertiary/aromatic N) is 1. The second-order valence-electron chi connectivity index (χ2n) is 5.41. The first-order valence-electron chi connectivity index (χ1n) is 7.21. The minimum Gasteiger partial charge on any atom is -0.480 e. The van der Waals surface area contributed by atoms with Crippen molar-refractivity contribution in [2.75, 3.05) is 19.6 Å². The molecule has 1 amide bonds. The van der Waals surface area contributed by atoms with Crippen LogP contribution in [0.2, 0.25) is 0 Å². The molecule has 5 nitrogen and oxygen atoms in total. The van der Waals surface area contributed by atoms with Gasteiger partial charge in [-0.25, -0.2) is 0 Å². The van der Waals surface area contributed by atoms with Crippen molar-refractivity contribution in [1.82, 2.24) is 10.2 Å². The van der Waals surface area contributed by atoms with Gasteiger partial charge in [0, 0.05) is 4.88 Å². The van der Waals surface area contributed by atoms with Crippen molar-refractivity contribution in [1.29, 1.82) is 0 Å². The fourth-order valence-electron chi connectivity index (χ4n) is 2.18. The van der Waals surface area contributed by atoms with E-state index in [9.17, 15) is 9.59 Å². The number of thiophene rings is 1. The van der Waals surface area contributed by atoms with Crippen LogP contribution in [-0.2, 0) is 9.59 Å². The van der Waals surface area contributed by atoms with Gasteiger partial charge in [-0.1, -0.05) is 26.8 Å². The fraction of sp³-hybridized carbons (Fsp3) is 0.600. The molecule has 1 rings (SSSR count). The highest BCUT2D eigenvalue weighted by Gasteiger charge is 2.21. The molecule has 6 heteroatoms. The van der Waals surface area contributed by atoms with E-state index in [1.807, 2.05) is 24.4 Å². The lowest BCUT2D eigenvalue weighted by Crippen LogP contribution is -2.42. The van der Waals surface area contributed by atoms with E-state index < -0.39 is 5.97 Å². The summed E-state index contributed by atoms with van der Waals surface area (Å²) in [4.78, 5) is 25.8. The zero-order chi connectivity index (χ0) is 15.8. The Hall–Kier alpha value is -1.40. The number of carboxylic acids is 1. The van der Waals surface area contributed by atoms with E-state index in [2.05, 4.69) is 19.2 Å². The van der Waals surface area contributed by atoms with Gasteiger partial charge in [-0.05, 0) is 30.3 Å². The molecular formula is C15H24N2O3S. The minimum absolute atomic E-state index is 0.0224. The zero-order valence-corrected chi connectivity index (χ0v) is 13.7. The van der Waals surface area contributed by atoms with Gasteiger partial charge in [0.15, 0.2) is 0 Å². The molecule has 0 bridgehead atoms. The Labute approximate surface area is 130 Å². The lowest BCUT2D eigenvalue weighted by atomic mass is 10.0. The van der Waals surface area contributed by atoms with Crippen LogP contribution in [0.4, 0.5) is 0 Å².